The molecule has 2 aromatic heterocycles. The van der Waals surface area contributed by atoms with Crippen LogP contribution in [0.15, 0.2) is 40.3 Å². The summed E-state index contributed by atoms with van der Waals surface area (Å²) in [5, 5.41) is 4.37. The molecule has 0 unspecified atom stereocenters. The first-order valence-corrected chi connectivity index (χ1v) is 10.3. The Balaban J connectivity index is 2.27. The minimum Gasteiger partial charge on any atom is -0.384 e. The largest absolute Gasteiger partial charge is 0.384 e. The molecule has 0 saturated carbocycles. The van der Waals surface area contributed by atoms with Gasteiger partial charge in [0.15, 0.2) is 15.7 Å². The van der Waals surface area contributed by atoms with Crippen molar-refractivity contribution in [3.05, 3.63) is 41.3 Å². The van der Waals surface area contributed by atoms with E-state index in [-0.39, 0.29) is 26.1 Å². The number of benzene rings is 1. The third-order valence-corrected chi connectivity index (χ3v) is 6.22. The van der Waals surface area contributed by atoms with Crippen LogP contribution in [0, 0.1) is 0 Å². The van der Waals surface area contributed by atoms with E-state index in [0.717, 1.165) is 11.9 Å². The number of hydrogen-bond donors (Lipinski definition) is 0. The van der Waals surface area contributed by atoms with Crippen LogP contribution in [0.3, 0.4) is 0 Å². The highest BCUT2D eigenvalue weighted by molar-refractivity contribution is 7.98. The van der Waals surface area contributed by atoms with E-state index >= 15 is 0 Å². The smallest absolute Gasteiger partial charge is 0.226 e. The molecule has 1 aromatic carbocycles. The van der Waals surface area contributed by atoms with E-state index in [4.69, 9.17) is 16.3 Å². The van der Waals surface area contributed by atoms with Gasteiger partial charge in [-0.05, 0) is 24.1 Å². The molecule has 0 aliphatic rings. The number of sulfone groups is 1. The molecule has 3 rings (SSSR count). The van der Waals surface area contributed by atoms with Crippen LogP contribution in [0.25, 0.3) is 11.0 Å². The van der Waals surface area contributed by atoms with Gasteiger partial charge in [0.25, 0.3) is 0 Å². The van der Waals surface area contributed by atoms with Crippen molar-refractivity contribution in [1.29, 1.82) is 0 Å². The molecule has 0 radical (unpaired) electrons. The summed E-state index contributed by atoms with van der Waals surface area (Å²) in [6.07, 6.45) is 2.14. The SMILES string of the molecule is COCCc1nc(Cl)c2nn(SC)c(S(=O)(=O)c3ccccc3)c2n1. The number of ether oxygens (including phenoxy) is 1. The Hall–Kier alpha value is -1.68. The number of hydrogen-bond acceptors (Lipinski definition) is 7. The van der Waals surface area contributed by atoms with E-state index in [2.05, 4.69) is 15.1 Å². The van der Waals surface area contributed by atoms with E-state index in [1.54, 1.807) is 31.6 Å². The van der Waals surface area contributed by atoms with Gasteiger partial charge in [-0.25, -0.2) is 18.4 Å². The van der Waals surface area contributed by atoms with Crippen LogP contribution in [-0.2, 0) is 21.0 Å². The van der Waals surface area contributed by atoms with Crippen molar-refractivity contribution < 1.29 is 13.2 Å². The van der Waals surface area contributed by atoms with Crippen molar-refractivity contribution in [2.75, 3.05) is 20.0 Å². The van der Waals surface area contributed by atoms with Gasteiger partial charge in [0.2, 0.25) is 9.84 Å². The fourth-order valence-corrected chi connectivity index (χ4v) is 4.85. The first kappa shape index (κ1) is 18.1. The third kappa shape index (κ3) is 3.37. The van der Waals surface area contributed by atoms with Gasteiger partial charge in [-0.2, -0.15) is 9.19 Å². The second-order valence-electron chi connectivity index (χ2n) is 5.05. The van der Waals surface area contributed by atoms with Gasteiger partial charge in [0.05, 0.1) is 11.5 Å². The van der Waals surface area contributed by atoms with Crippen LogP contribution in [0.4, 0.5) is 0 Å². The Morgan fingerprint density at radius 2 is 1.92 bits per heavy atom. The van der Waals surface area contributed by atoms with Gasteiger partial charge in [-0.3, -0.25) is 0 Å². The standard InChI is InChI=1S/C15H15ClN4O3S2/c1-23-9-8-11-17-13-12(14(16)18-11)19-20(24-2)15(13)25(21,22)10-6-4-3-5-7-10/h3-7H,8-9H2,1-2H3. The van der Waals surface area contributed by atoms with E-state index in [1.807, 2.05) is 0 Å². The van der Waals surface area contributed by atoms with Crippen molar-refractivity contribution in [3.8, 4) is 0 Å². The Kier molecular flexibility index (Phi) is 5.28. The van der Waals surface area contributed by atoms with E-state index < -0.39 is 9.84 Å². The first-order valence-electron chi connectivity index (χ1n) is 7.27. The molecule has 25 heavy (non-hydrogen) atoms. The second kappa shape index (κ2) is 7.28. The van der Waals surface area contributed by atoms with Crippen LogP contribution < -0.4 is 0 Å². The molecule has 3 aromatic rings. The predicted octanol–water partition coefficient (Wildman–Crippen LogP) is 2.63. The van der Waals surface area contributed by atoms with Crippen LogP contribution in [0.2, 0.25) is 5.15 Å². The monoisotopic (exact) mass is 398 g/mol. The Bertz CT molecular complexity index is 1010. The highest BCUT2D eigenvalue weighted by atomic mass is 35.5. The zero-order chi connectivity index (χ0) is 18.0. The lowest BCUT2D eigenvalue weighted by atomic mass is 10.4. The fraction of sp³-hybridized carbons (Fsp3) is 0.267. The van der Waals surface area contributed by atoms with Gasteiger partial charge >= 0.3 is 0 Å². The van der Waals surface area contributed by atoms with Crippen LogP contribution in [0.5, 0.6) is 0 Å². The van der Waals surface area contributed by atoms with Gasteiger partial charge in [-0.15, -0.1) is 0 Å². The molecule has 0 spiro atoms. The fourth-order valence-electron chi connectivity index (χ4n) is 2.31. The van der Waals surface area contributed by atoms with Gasteiger partial charge in [0, 0.05) is 19.8 Å². The van der Waals surface area contributed by atoms with E-state index in [0.29, 0.717) is 18.9 Å². The number of nitrogens with zero attached hydrogens (tertiary/aromatic N) is 4. The molecule has 0 atom stereocenters. The molecule has 0 saturated heterocycles. The summed E-state index contributed by atoms with van der Waals surface area (Å²) in [4.78, 5) is 8.73. The minimum atomic E-state index is -3.82. The molecule has 0 aliphatic heterocycles. The number of fused-ring (bicyclic) bond motifs is 1. The average Bonchev–Trinajstić information content (AvgIpc) is 3.00. The lowest BCUT2D eigenvalue weighted by molar-refractivity contribution is 0.200. The highest BCUT2D eigenvalue weighted by Gasteiger charge is 2.29. The number of halogens is 1. The van der Waals surface area contributed by atoms with Crippen molar-refractivity contribution in [2.45, 2.75) is 16.3 Å². The number of aromatic nitrogens is 4. The summed E-state index contributed by atoms with van der Waals surface area (Å²) in [5.74, 6) is 0.407. The average molecular weight is 399 g/mol. The molecular weight excluding hydrogens is 384 g/mol. The van der Waals surface area contributed by atoms with Crippen molar-refractivity contribution in [1.82, 2.24) is 19.2 Å². The molecule has 7 nitrogen and oxygen atoms in total. The normalized spacial score (nSPS) is 12.0. The van der Waals surface area contributed by atoms with Gasteiger partial charge < -0.3 is 4.74 Å². The zero-order valence-electron chi connectivity index (χ0n) is 13.5. The molecular formula is C15H15ClN4O3S2. The molecule has 10 heteroatoms. The summed E-state index contributed by atoms with van der Waals surface area (Å²) in [6.45, 7) is 0.402. The summed E-state index contributed by atoms with van der Waals surface area (Å²) in [6, 6.07) is 8.16. The molecule has 0 fully saturated rings. The number of methoxy groups -OCH3 is 1. The maximum Gasteiger partial charge on any atom is 0.226 e. The van der Waals surface area contributed by atoms with E-state index in [1.165, 1.54) is 16.2 Å². The van der Waals surface area contributed by atoms with Crippen LogP contribution in [0.1, 0.15) is 5.82 Å². The minimum absolute atomic E-state index is 0.0100. The van der Waals surface area contributed by atoms with Gasteiger partial charge in [0.1, 0.15) is 11.3 Å². The van der Waals surface area contributed by atoms with Crippen molar-refractivity contribution in [2.24, 2.45) is 0 Å². The molecule has 132 valence electrons. The molecule has 0 aliphatic carbocycles. The zero-order valence-corrected chi connectivity index (χ0v) is 15.9. The Labute approximate surface area is 154 Å². The van der Waals surface area contributed by atoms with Gasteiger partial charge in [-0.1, -0.05) is 29.8 Å². The molecule has 0 amide bonds. The highest BCUT2D eigenvalue weighted by Crippen LogP contribution is 2.31. The van der Waals surface area contributed by atoms with Crippen molar-refractivity contribution in [3.63, 3.8) is 0 Å². The maximum atomic E-state index is 13.1. The second-order valence-corrected chi connectivity index (χ2v) is 7.98. The van der Waals surface area contributed by atoms with Crippen LogP contribution in [-0.4, -0.2) is 47.5 Å². The van der Waals surface area contributed by atoms with Crippen molar-refractivity contribution >= 4 is 44.4 Å². The first-order chi connectivity index (χ1) is 12.0. The summed E-state index contributed by atoms with van der Waals surface area (Å²) >= 11 is 7.36. The lowest BCUT2D eigenvalue weighted by Gasteiger charge is -2.06. The Morgan fingerprint density at radius 3 is 2.56 bits per heavy atom. The summed E-state index contributed by atoms with van der Waals surface area (Å²) in [7, 11) is -2.25. The number of rotatable bonds is 6. The molecule has 2 heterocycles. The topological polar surface area (TPSA) is 87.0 Å². The molecule has 0 bridgehead atoms. The quantitative estimate of drug-likeness (QED) is 0.590. The Morgan fingerprint density at radius 1 is 1.20 bits per heavy atom. The summed E-state index contributed by atoms with van der Waals surface area (Å²) < 4.78 is 32.6. The van der Waals surface area contributed by atoms with E-state index in [9.17, 15) is 8.42 Å². The summed E-state index contributed by atoms with van der Waals surface area (Å²) in [5.41, 5.74) is 0.469. The molecule has 0 N–H and O–H groups in total. The third-order valence-electron chi connectivity index (χ3n) is 3.47. The van der Waals surface area contributed by atoms with Crippen LogP contribution >= 0.6 is 23.5 Å². The predicted molar refractivity (Wildman–Crippen MR) is 96.7 cm³/mol. The lowest BCUT2D eigenvalue weighted by Crippen LogP contribution is -2.08. The maximum absolute atomic E-state index is 13.1.